The molecule has 0 aliphatic rings. The first-order chi connectivity index (χ1) is 15.1. The van der Waals surface area contributed by atoms with Crippen LogP contribution >= 0.6 is 11.6 Å². The monoisotopic (exact) mass is 474 g/mol. The Morgan fingerprint density at radius 1 is 1.03 bits per heavy atom. The van der Waals surface area contributed by atoms with Crippen molar-refractivity contribution in [3.05, 3.63) is 95.0 Å². The fourth-order valence-corrected chi connectivity index (χ4v) is 3.20. The van der Waals surface area contributed by atoms with Gasteiger partial charge in [0.2, 0.25) is 0 Å². The molecule has 0 saturated carbocycles. The molecule has 1 unspecified atom stereocenters. The summed E-state index contributed by atoms with van der Waals surface area (Å²) >= 11 is 5.85. The third-order valence-electron chi connectivity index (χ3n) is 4.25. The molecule has 8 heteroatoms. The predicted octanol–water partition coefficient (Wildman–Crippen LogP) is 4.95. The van der Waals surface area contributed by atoms with Crippen LogP contribution in [0.4, 0.5) is 0 Å². The standard InChI is InChI=1S/C17H19ClN2O.C7H8O3S/c1-13(21-16-5-3-2-4-6-16)12-20-17(19)11-14-7-9-15(18)10-8-14;1-6-2-4-7(5-3-6)11(8,9)10/h2-10,13H,11-12H2,1H3,(H2,19,20);2-5H,1H3,(H,8,9,10). The SMILES string of the molecule is CC(CN=C(N)Cc1ccc(Cl)cc1)Oc1ccccc1.Cc1ccc(S(=O)(=O)O)cc1. The molecule has 0 aromatic heterocycles. The van der Waals surface area contributed by atoms with Crippen molar-refractivity contribution in [2.24, 2.45) is 10.7 Å². The zero-order valence-corrected chi connectivity index (χ0v) is 19.6. The third kappa shape index (κ3) is 9.51. The fourth-order valence-electron chi connectivity index (χ4n) is 2.59. The van der Waals surface area contributed by atoms with E-state index < -0.39 is 10.1 Å². The van der Waals surface area contributed by atoms with Crippen molar-refractivity contribution in [3.63, 3.8) is 0 Å². The quantitative estimate of drug-likeness (QED) is 0.286. The molecule has 0 spiro atoms. The lowest BCUT2D eigenvalue weighted by Crippen LogP contribution is -2.21. The summed E-state index contributed by atoms with van der Waals surface area (Å²) in [4.78, 5) is 4.31. The molecule has 0 saturated heterocycles. The maximum absolute atomic E-state index is 10.5. The van der Waals surface area contributed by atoms with Crippen LogP contribution in [0.25, 0.3) is 0 Å². The highest BCUT2D eigenvalue weighted by atomic mass is 35.5. The largest absolute Gasteiger partial charge is 0.489 e. The van der Waals surface area contributed by atoms with E-state index in [0.29, 0.717) is 18.8 Å². The number of halogens is 1. The molecule has 0 radical (unpaired) electrons. The van der Waals surface area contributed by atoms with E-state index in [9.17, 15) is 8.42 Å². The number of benzene rings is 3. The Bertz CT molecular complexity index is 1100. The lowest BCUT2D eigenvalue weighted by Gasteiger charge is -2.12. The molecule has 0 bridgehead atoms. The highest BCUT2D eigenvalue weighted by Crippen LogP contribution is 2.12. The van der Waals surface area contributed by atoms with Gasteiger partial charge in [0.1, 0.15) is 11.9 Å². The van der Waals surface area contributed by atoms with Crippen LogP contribution in [0.3, 0.4) is 0 Å². The first kappa shape index (κ1) is 25.4. The van der Waals surface area contributed by atoms with E-state index in [1.54, 1.807) is 12.1 Å². The van der Waals surface area contributed by atoms with Crippen LogP contribution in [0.2, 0.25) is 5.02 Å². The number of hydrogen-bond donors (Lipinski definition) is 2. The van der Waals surface area contributed by atoms with Gasteiger partial charge in [-0.05, 0) is 55.8 Å². The van der Waals surface area contributed by atoms with Crippen LogP contribution < -0.4 is 10.5 Å². The Morgan fingerprint density at radius 2 is 1.62 bits per heavy atom. The lowest BCUT2D eigenvalue weighted by molar-refractivity contribution is 0.230. The molecule has 170 valence electrons. The molecule has 0 fully saturated rings. The van der Waals surface area contributed by atoms with E-state index >= 15 is 0 Å². The topological polar surface area (TPSA) is 102 Å². The molecular weight excluding hydrogens is 448 g/mol. The van der Waals surface area contributed by atoms with Crippen molar-refractivity contribution in [2.45, 2.75) is 31.3 Å². The van der Waals surface area contributed by atoms with Gasteiger partial charge in [0.15, 0.2) is 0 Å². The van der Waals surface area contributed by atoms with Gasteiger partial charge in [-0.3, -0.25) is 9.55 Å². The number of hydrogen-bond acceptors (Lipinski definition) is 4. The molecule has 0 aliphatic heterocycles. The Balaban J connectivity index is 0.000000278. The van der Waals surface area contributed by atoms with E-state index in [0.717, 1.165) is 21.9 Å². The molecular formula is C24H27ClN2O4S. The van der Waals surface area contributed by atoms with Crippen molar-refractivity contribution in [3.8, 4) is 5.75 Å². The molecule has 3 aromatic carbocycles. The van der Waals surface area contributed by atoms with Gasteiger partial charge in [-0.25, -0.2) is 0 Å². The second kappa shape index (κ2) is 12.2. The van der Waals surface area contributed by atoms with Crippen molar-refractivity contribution in [2.75, 3.05) is 6.54 Å². The van der Waals surface area contributed by atoms with E-state index in [2.05, 4.69) is 4.99 Å². The summed E-state index contributed by atoms with van der Waals surface area (Å²) in [6.45, 7) is 4.36. The van der Waals surface area contributed by atoms with Crippen LogP contribution in [-0.4, -0.2) is 31.5 Å². The highest BCUT2D eigenvalue weighted by molar-refractivity contribution is 7.85. The summed E-state index contributed by atoms with van der Waals surface area (Å²) < 4.78 is 35.3. The van der Waals surface area contributed by atoms with Gasteiger partial charge in [-0.2, -0.15) is 8.42 Å². The van der Waals surface area contributed by atoms with Crippen LogP contribution in [0, 0.1) is 6.92 Å². The molecule has 0 aliphatic carbocycles. The summed E-state index contributed by atoms with van der Waals surface area (Å²) in [5, 5.41) is 0.721. The summed E-state index contributed by atoms with van der Waals surface area (Å²) in [5.41, 5.74) is 8.00. The second-order valence-corrected chi connectivity index (χ2v) is 9.02. The van der Waals surface area contributed by atoms with Gasteiger partial charge in [0.05, 0.1) is 17.3 Å². The van der Waals surface area contributed by atoms with Crippen molar-refractivity contribution in [1.29, 1.82) is 0 Å². The fraction of sp³-hybridized carbons (Fsp3) is 0.208. The summed E-state index contributed by atoms with van der Waals surface area (Å²) in [6, 6.07) is 23.3. The van der Waals surface area contributed by atoms with E-state index in [-0.39, 0.29) is 11.0 Å². The smallest absolute Gasteiger partial charge is 0.294 e. The first-order valence-electron chi connectivity index (χ1n) is 9.92. The molecule has 3 aromatic rings. The minimum atomic E-state index is -4.02. The summed E-state index contributed by atoms with van der Waals surface area (Å²) in [6.07, 6.45) is 0.603. The van der Waals surface area contributed by atoms with Gasteiger partial charge in [-0.15, -0.1) is 0 Å². The van der Waals surface area contributed by atoms with E-state index in [1.165, 1.54) is 12.1 Å². The minimum Gasteiger partial charge on any atom is -0.489 e. The summed E-state index contributed by atoms with van der Waals surface area (Å²) in [5.74, 6) is 1.44. The molecule has 0 heterocycles. The number of nitrogens with zero attached hydrogens (tertiary/aromatic N) is 1. The number of aryl methyl sites for hydroxylation is 1. The minimum absolute atomic E-state index is 0.0174. The van der Waals surface area contributed by atoms with Crippen LogP contribution in [0.5, 0.6) is 5.75 Å². The van der Waals surface area contributed by atoms with E-state index in [4.69, 9.17) is 26.6 Å². The number of aliphatic imine (C=N–C) groups is 1. The Kier molecular flexibility index (Phi) is 9.71. The third-order valence-corrected chi connectivity index (χ3v) is 5.37. The van der Waals surface area contributed by atoms with Gasteiger partial charge in [0.25, 0.3) is 10.1 Å². The number of ether oxygens (including phenoxy) is 1. The average Bonchev–Trinajstić information content (AvgIpc) is 2.75. The van der Waals surface area contributed by atoms with Gasteiger partial charge >= 0.3 is 0 Å². The Hall–Kier alpha value is -2.87. The van der Waals surface area contributed by atoms with E-state index in [1.807, 2.05) is 68.4 Å². The average molecular weight is 475 g/mol. The number of para-hydroxylation sites is 1. The second-order valence-electron chi connectivity index (χ2n) is 7.16. The van der Waals surface area contributed by atoms with Crippen LogP contribution in [-0.2, 0) is 16.5 Å². The molecule has 0 amide bonds. The predicted molar refractivity (Wildman–Crippen MR) is 129 cm³/mol. The van der Waals surface area contributed by atoms with Crippen LogP contribution in [0.1, 0.15) is 18.1 Å². The highest BCUT2D eigenvalue weighted by Gasteiger charge is 2.07. The number of rotatable bonds is 7. The van der Waals surface area contributed by atoms with Gasteiger partial charge < -0.3 is 10.5 Å². The van der Waals surface area contributed by atoms with Crippen molar-refractivity contribution < 1.29 is 17.7 Å². The van der Waals surface area contributed by atoms with Gasteiger partial charge in [0, 0.05) is 11.4 Å². The zero-order valence-electron chi connectivity index (χ0n) is 18.0. The first-order valence-corrected chi connectivity index (χ1v) is 11.7. The Labute approximate surface area is 194 Å². The molecule has 32 heavy (non-hydrogen) atoms. The lowest BCUT2D eigenvalue weighted by atomic mass is 10.1. The van der Waals surface area contributed by atoms with Gasteiger partial charge in [-0.1, -0.05) is 59.6 Å². The van der Waals surface area contributed by atoms with Crippen LogP contribution in [0.15, 0.2) is 88.8 Å². The van der Waals surface area contributed by atoms with Crippen molar-refractivity contribution in [1.82, 2.24) is 0 Å². The number of amidine groups is 1. The van der Waals surface area contributed by atoms with Crippen molar-refractivity contribution >= 4 is 27.6 Å². The molecule has 6 nitrogen and oxygen atoms in total. The molecule has 3 N–H and O–H groups in total. The number of nitrogens with two attached hydrogens (primary N) is 1. The normalized spacial score (nSPS) is 12.4. The molecule has 3 rings (SSSR count). The summed E-state index contributed by atoms with van der Waals surface area (Å²) in [7, 11) is -4.02. The zero-order chi connectivity index (χ0) is 23.6. The Morgan fingerprint density at radius 3 is 2.19 bits per heavy atom. The molecule has 1 atom stereocenters. The maximum atomic E-state index is 10.5. The maximum Gasteiger partial charge on any atom is 0.294 e.